The van der Waals surface area contributed by atoms with E-state index in [1.54, 1.807) is 0 Å². The zero-order chi connectivity index (χ0) is 8.43. The van der Waals surface area contributed by atoms with E-state index < -0.39 is 0 Å². The predicted molar refractivity (Wildman–Crippen MR) is 46.3 cm³/mol. The Morgan fingerprint density at radius 3 is 2.64 bits per heavy atom. The third kappa shape index (κ3) is 1.92. The molecule has 0 N–H and O–H groups in total. The van der Waals surface area contributed by atoms with Crippen LogP contribution in [0.3, 0.4) is 0 Å². The van der Waals surface area contributed by atoms with Crippen molar-refractivity contribution in [2.75, 3.05) is 0 Å². The Bertz CT molecular complexity index is 189. The molecule has 0 spiro atoms. The number of allylic oxidation sites excluding steroid dienone is 2. The SMILES string of the molecule is CC1=CC(=O)CCC1C(C)C. The van der Waals surface area contributed by atoms with E-state index in [1.165, 1.54) is 5.57 Å². The molecule has 0 bridgehead atoms. The Kier molecular flexibility index (Phi) is 2.48. The topological polar surface area (TPSA) is 17.1 Å². The van der Waals surface area contributed by atoms with Crippen LogP contribution in [0.5, 0.6) is 0 Å². The molecule has 0 aromatic carbocycles. The van der Waals surface area contributed by atoms with Gasteiger partial charge in [-0.25, -0.2) is 0 Å². The van der Waals surface area contributed by atoms with Crippen molar-refractivity contribution in [2.45, 2.75) is 33.6 Å². The molecular weight excluding hydrogens is 136 g/mol. The van der Waals surface area contributed by atoms with Crippen molar-refractivity contribution in [3.05, 3.63) is 11.6 Å². The zero-order valence-corrected chi connectivity index (χ0v) is 7.55. The molecule has 0 aromatic rings. The third-order valence-corrected chi connectivity index (χ3v) is 2.48. The first-order valence-electron chi connectivity index (χ1n) is 4.32. The molecule has 1 heteroatoms. The second-order valence-corrected chi connectivity index (χ2v) is 3.74. The van der Waals surface area contributed by atoms with Gasteiger partial charge in [-0.05, 0) is 31.3 Å². The van der Waals surface area contributed by atoms with E-state index in [9.17, 15) is 4.79 Å². The number of carbonyl (C=O) groups is 1. The summed E-state index contributed by atoms with van der Waals surface area (Å²) in [6, 6.07) is 0. The van der Waals surface area contributed by atoms with Crippen LogP contribution in [0.15, 0.2) is 11.6 Å². The first kappa shape index (κ1) is 8.51. The van der Waals surface area contributed by atoms with Crippen molar-refractivity contribution in [3.63, 3.8) is 0 Å². The van der Waals surface area contributed by atoms with Crippen molar-refractivity contribution in [2.24, 2.45) is 11.8 Å². The summed E-state index contributed by atoms with van der Waals surface area (Å²) in [6.45, 7) is 6.51. The van der Waals surface area contributed by atoms with Gasteiger partial charge in [0.2, 0.25) is 0 Å². The molecule has 1 unspecified atom stereocenters. The van der Waals surface area contributed by atoms with Gasteiger partial charge in [-0.1, -0.05) is 19.4 Å². The van der Waals surface area contributed by atoms with Crippen molar-refractivity contribution < 1.29 is 4.79 Å². The molecule has 0 radical (unpaired) electrons. The van der Waals surface area contributed by atoms with E-state index in [1.807, 2.05) is 6.08 Å². The quantitative estimate of drug-likeness (QED) is 0.564. The standard InChI is InChI=1S/C10H16O/c1-7(2)10-5-4-9(11)6-8(10)3/h6-7,10H,4-5H2,1-3H3. The van der Waals surface area contributed by atoms with Gasteiger partial charge in [-0.2, -0.15) is 0 Å². The van der Waals surface area contributed by atoms with Crippen LogP contribution in [0.1, 0.15) is 33.6 Å². The zero-order valence-electron chi connectivity index (χ0n) is 7.55. The Morgan fingerprint density at radius 2 is 2.18 bits per heavy atom. The summed E-state index contributed by atoms with van der Waals surface area (Å²) < 4.78 is 0. The summed E-state index contributed by atoms with van der Waals surface area (Å²) in [5, 5.41) is 0. The number of rotatable bonds is 1. The number of ketones is 1. The molecule has 0 amide bonds. The first-order chi connectivity index (χ1) is 5.11. The van der Waals surface area contributed by atoms with E-state index in [0.29, 0.717) is 17.6 Å². The molecular formula is C10H16O. The van der Waals surface area contributed by atoms with Crippen LogP contribution >= 0.6 is 0 Å². The second-order valence-electron chi connectivity index (χ2n) is 3.74. The molecule has 1 nitrogen and oxygen atoms in total. The lowest BCUT2D eigenvalue weighted by atomic mass is 9.81. The highest BCUT2D eigenvalue weighted by Gasteiger charge is 2.20. The van der Waals surface area contributed by atoms with Crippen molar-refractivity contribution >= 4 is 5.78 Å². The number of carbonyl (C=O) groups excluding carboxylic acids is 1. The lowest BCUT2D eigenvalue weighted by Gasteiger charge is -2.24. The molecule has 0 aliphatic heterocycles. The Morgan fingerprint density at radius 1 is 1.55 bits per heavy atom. The summed E-state index contributed by atoms with van der Waals surface area (Å²) in [4.78, 5) is 11.0. The maximum absolute atomic E-state index is 11.0. The van der Waals surface area contributed by atoms with Gasteiger partial charge in [-0.3, -0.25) is 4.79 Å². The van der Waals surface area contributed by atoms with Gasteiger partial charge >= 0.3 is 0 Å². The van der Waals surface area contributed by atoms with Gasteiger partial charge in [0.05, 0.1) is 0 Å². The highest BCUT2D eigenvalue weighted by molar-refractivity contribution is 5.91. The average molecular weight is 152 g/mol. The molecule has 0 aromatic heterocycles. The van der Waals surface area contributed by atoms with E-state index in [-0.39, 0.29) is 0 Å². The summed E-state index contributed by atoms with van der Waals surface area (Å²) in [7, 11) is 0. The lowest BCUT2D eigenvalue weighted by molar-refractivity contribution is -0.115. The molecule has 1 aliphatic rings. The maximum Gasteiger partial charge on any atom is 0.155 e. The van der Waals surface area contributed by atoms with Crippen LogP contribution in [0.2, 0.25) is 0 Å². The van der Waals surface area contributed by atoms with Gasteiger partial charge in [0, 0.05) is 6.42 Å². The van der Waals surface area contributed by atoms with Gasteiger partial charge in [0.1, 0.15) is 0 Å². The van der Waals surface area contributed by atoms with Crippen LogP contribution < -0.4 is 0 Å². The van der Waals surface area contributed by atoms with E-state index in [0.717, 1.165) is 12.8 Å². The molecule has 1 atom stereocenters. The van der Waals surface area contributed by atoms with Gasteiger partial charge in [0.25, 0.3) is 0 Å². The summed E-state index contributed by atoms with van der Waals surface area (Å²) in [5.41, 5.74) is 1.27. The minimum atomic E-state index is 0.305. The van der Waals surface area contributed by atoms with Crippen LogP contribution in [0, 0.1) is 11.8 Å². The Hall–Kier alpha value is -0.590. The monoisotopic (exact) mass is 152 g/mol. The van der Waals surface area contributed by atoms with E-state index in [2.05, 4.69) is 20.8 Å². The summed E-state index contributed by atoms with van der Waals surface area (Å²) >= 11 is 0. The number of hydrogen-bond donors (Lipinski definition) is 0. The molecule has 0 saturated carbocycles. The highest BCUT2D eigenvalue weighted by Crippen LogP contribution is 2.28. The average Bonchev–Trinajstić information content (AvgIpc) is 1.85. The second kappa shape index (κ2) is 3.21. The van der Waals surface area contributed by atoms with Crippen LogP contribution in [-0.2, 0) is 4.79 Å². The van der Waals surface area contributed by atoms with Gasteiger partial charge in [0.15, 0.2) is 5.78 Å². The van der Waals surface area contributed by atoms with Gasteiger partial charge in [-0.15, -0.1) is 0 Å². The molecule has 11 heavy (non-hydrogen) atoms. The smallest absolute Gasteiger partial charge is 0.155 e. The fraction of sp³-hybridized carbons (Fsp3) is 0.700. The lowest BCUT2D eigenvalue weighted by Crippen LogP contribution is -2.17. The summed E-state index contributed by atoms with van der Waals surface area (Å²) in [6.07, 6.45) is 3.62. The van der Waals surface area contributed by atoms with Crippen molar-refractivity contribution in [1.29, 1.82) is 0 Å². The van der Waals surface area contributed by atoms with Crippen LogP contribution in [-0.4, -0.2) is 5.78 Å². The summed E-state index contributed by atoms with van der Waals surface area (Å²) in [5.74, 6) is 1.63. The van der Waals surface area contributed by atoms with Crippen molar-refractivity contribution in [1.82, 2.24) is 0 Å². The maximum atomic E-state index is 11.0. The van der Waals surface area contributed by atoms with Crippen LogP contribution in [0.25, 0.3) is 0 Å². The molecule has 0 heterocycles. The number of hydrogen-bond acceptors (Lipinski definition) is 1. The molecule has 0 fully saturated rings. The van der Waals surface area contributed by atoms with Gasteiger partial charge < -0.3 is 0 Å². The Balaban J connectivity index is 2.72. The van der Waals surface area contributed by atoms with E-state index in [4.69, 9.17) is 0 Å². The fourth-order valence-electron chi connectivity index (χ4n) is 1.82. The molecule has 1 rings (SSSR count). The minimum Gasteiger partial charge on any atom is -0.295 e. The predicted octanol–water partition coefficient (Wildman–Crippen LogP) is 2.57. The normalized spacial score (nSPS) is 25.6. The fourth-order valence-corrected chi connectivity index (χ4v) is 1.82. The largest absolute Gasteiger partial charge is 0.295 e. The molecule has 1 aliphatic carbocycles. The molecule has 0 saturated heterocycles. The Labute approximate surface area is 68.5 Å². The van der Waals surface area contributed by atoms with Crippen molar-refractivity contribution in [3.8, 4) is 0 Å². The highest BCUT2D eigenvalue weighted by atomic mass is 16.1. The third-order valence-electron chi connectivity index (χ3n) is 2.48. The minimum absolute atomic E-state index is 0.305. The van der Waals surface area contributed by atoms with E-state index >= 15 is 0 Å². The first-order valence-corrected chi connectivity index (χ1v) is 4.32. The molecule has 62 valence electrons. The van der Waals surface area contributed by atoms with Crippen LogP contribution in [0.4, 0.5) is 0 Å².